The van der Waals surface area contributed by atoms with Gasteiger partial charge in [0, 0.05) is 17.7 Å². The monoisotopic (exact) mass is 434 g/mol. The van der Waals surface area contributed by atoms with Gasteiger partial charge in [-0.1, -0.05) is 30.3 Å². The Morgan fingerprint density at radius 1 is 1.07 bits per heavy atom. The van der Waals surface area contributed by atoms with Crippen molar-refractivity contribution < 1.29 is 22.7 Å². The molecule has 0 aromatic heterocycles. The van der Waals surface area contributed by atoms with Gasteiger partial charge < -0.3 is 14.8 Å². The van der Waals surface area contributed by atoms with E-state index in [-0.39, 0.29) is 4.90 Å². The number of aryl methyl sites for hydroxylation is 1. The molecule has 0 aliphatic heterocycles. The van der Waals surface area contributed by atoms with Gasteiger partial charge in [-0.15, -0.1) is 0 Å². The second-order valence-corrected chi connectivity index (χ2v) is 9.55. The molecule has 0 heterocycles. The number of nitrogens with one attached hydrogen (secondary N) is 1. The van der Waals surface area contributed by atoms with Gasteiger partial charge in [-0.05, 0) is 58.2 Å². The van der Waals surface area contributed by atoms with Crippen molar-refractivity contribution in [3.63, 3.8) is 0 Å². The highest BCUT2D eigenvalue weighted by Crippen LogP contribution is 2.34. The van der Waals surface area contributed by atoms with Crippen molar-refractivity contribution in [3.8, 4) is 16.9 Å². The first-order valence-electron chi connectivity index (χ1n) is 9.80. The van der Waals surface area contributed by atoms with Crippen molar-refractivity contribution in [2.24, 2.45) is 5.14 Å². The highest BCUT2D eigenvalue weighted by molar-refractivity contribution is 7.89. The zero-order valence-corrected chi connectivity index (χ0v) is 18.7. The molecule has 0 radical (unpaired) electrons. The summed E-state index contributed by atoms with van der Waals surface area (Å²) in [5, 5.41) is 8.09. The molecule has 0 atom stereocenters. The van der Waals surface area contributed by atoms with Crippen LogP contribution in [0.4, 0.5) is 4.79 Å². The number of hydrogen-bond acceptors (Lipinski definition) is 5. The Morgan fingerprint density at radius 2 is 1.77 bits per heavy atom. The minimum Gasteiger partial charge on any atom is -0.493 e. The molecule has 0 saturated carbocycles. The van der Waals surface area contributed by atoms with Crippen molar-refractivity contribution in [1.29, 1.82) is 0 Å². The van der Waals surface area contributed by atoms with E-state index >= 15 is 0 Å². The van der Waals surface area contributed by atoms with Crippen molar-refractivity contribution >= 4 is 16.1 Å². The molecule has 2 rings (SSSR count). The van der Waals surface area contributed by atoms with E-state index in [0.717, 1.165) is 5.56 Å². The summed E-state index contributed by atoms with van der Waals surface area (Å²) in [5.74, 6) is 0.589. The maximum absolute atomic E-state index is 12.0. The second kappa shape index (κ2) is 9.95. The molecule has 0 aliphatic carbocycles. The van der Waals surface area contributed by atoms with Crippen LogP contribution in [0.25, 0.3) is 11.1 Å². The Labute approximate surface area is 178 Å². The summed E-state index contributed by atoms with van der Waals surface area (Å²) in [7, 11) is -3.87. The molecule has 8 heteroatoms. The normalized spacial score (nSPS) is 11.8. The number of amides is 1. The van der Waals surface area contributed by atoms with E-state index in [2.05, 4.69) is 5.32 Å². The zero-order chi connectivity index (χ0) is 22.4. The number of unbranched alkanes of at least 4 members (excludes halogenated alkanes) is 1. The van der Waals surface area contributed by atoms with E-state index in [1.165, 1.54) is 6.07 Å². The standard InChI is InChI=1S/C22H30N2O5S/c1-16-11-12-17(18-9-5-6-10-20(18)30(23,26)27)19(15-16)28-14-8-7-13-24-21(25)29-22(2,3)4/h5-6,9-12,15H,7-8,13-14H2,1-4H3,(H,24,25)(H2,23,26,27). The van der Waals surface area contributed by atoms with Crippen LogP contribution < -0.4 is 15.2 Å². The maximum Gasteiger partial charge on any atom is 0.407 e. The number of alkyl carbamates (subject to hydrolysis) is 1. The van der Waals surface area contributed by atoms with Crippen LogP contribution in [-0.2, 0) is 14.8 Å². The van der Waals surface area contributed by atoms with Crippen LogP contribution in [0.1, 0.15) is 39.2 Å². The number of rotatable bonds is 8. The Morgan fingerprint density at radius 3 is 2.43 bits per heavy atom. The van der Waals surface area contributed by atoms with Crippen LogP contribution in [-0.4, -0.2) is 33.3 Å². The van der Waals surface area contributed by atoms with Crippen LogP contribution in [0.5, 0.6) is 5.75 Å². The lowest BCUT2D eigenvalue weighted by Crippen LogP contribution is -2.33. The molecule has 7 nitrogen and oxygen atoms in total. The summed E-state index contributed by atoms with van der Waals surface area (Å²) in [5.41, 5.74) is 1.63. The van der Waals surface area contributed by atoms with E-state index in [1.54, 1.807) is 18.2 Å². The fourth-order valence-corrected chi connectivity index (χ4v) is 3.58. The summed E-state index contributed by atoms with van der Waals surface area (Å²) in [6.07, 6.45) is 0.984. The first-order chi connectivity index (χ1) is 14.0. The smallest absolute Gasteiger partial charge is 0.407 e. The average molecular weight is 435 g/mol. The Hall–Kier alpha value is -2.58. The van der Waals surface area contributed by atoms with Crippen LogP contribution in [0, 0.1) is 6.92 Å². The van der Waals surface area contributed by atoms with E-state index in [0.29, 0.717) is 42.9 Å². The predicted octanol–water partition coefficient (Wildman–Crippen LogP) is 3.99. The van der Waals surface area contributed by atoms with Gasteiger partial charge in [-0.3, -0.25) is 0 Å². The highest BCUT2D eigenvalue weighted by atomic mass is 32.2. The van der Waals surface area contributed by atoms with Gasteiger partial charge in [0.25, 0.3) is 0 Å². The van der Waals surface area contributed by atoms with Crippen molar-refractivity contribution in [3.05, 3.63) is 48.0 Å². The third kappa shape index (κ3) is 7.35. The highest BCUT2D eigenvalue weighted by Gasteiger charge is 2.18. The minimum absolute atomic E-state index is 0.0558. The lowest BCUT2D eigenvalue weighted by molar-refractivity contribution is 0.0526. The van der Waals surface area contributed by atoms with Gasteiger partial charge in [0.05, 0.1) is 11.5 Å². The van der Waals surface area contributed by atoms with E-state index in [9.17, 15) is 13.2 Å². The average Bonchev–Trinajstić information content (AvgIpc) is 2.62. The molecule has 164 valence electrons. The van der Waals surface area contributed by atoms with Gasteiger partial charge in [0.2, 0.25) is 10.0 Å². The van der Waals surface area contributed by atoms with E-state index in [1.807, 2.05) is 45.9 Å². The summed E-state index contributed by atoms with van der Waals surface area (Å²) < 4.78 is 35.1. The number of sulfonamides is 1. The fourth-order valence-electron chi connectivity index (χ4n) is 2.82. The number of carbonyl (C=O) groups is 1. The number of carbonyl (C=O) groups excluding carboxylic acids is 1. The molecule has 0 unspecified atom stereocenters. The predicted molar refractivity (Wildman–Crippen MR) is 117 cm³/mol. The molecule has 0 saturated heterocycles. The first kappa shape index (κ1) is 23.7. The largest absolute Gasteiger partial charge is 0.493 e. The molecular formula is C22H30N2O5S. The Balaban J connectivity index is 2.00. The van der Waals surface area contributed by atoms with Gasteiger partial charge in [0.1, 0.15) is 11.4 Å². The fraction of sp³-hybridized carbons (Fsp3) is 0.409. The SMILES string of the molecule is Cc1ccc(-c2ccccc2S(N)(=O)=O)c(OCCCCNC(=O)OC(C)(C)C)c1. The number of hydrogen-bond donors (Lipinski definition) is 2. The summed E-state index contributed by atoms with van der Waals surface area (Å²) in [4.78, 5) is 11.7. The molecule has 30 heavy (non-hydrogen) atoms. The van der Waals surface area contributed by atoms with Gasteiger partial charge in [-0.25, -0.2) is 18.4 Å². The second-order valence-electron chi connectivity index (χ2n) is 8.03. The van der Waals surface area contributed by atoms with Crippen LogP contribution in [0.3, 0.4) is 0 Å². The van der Waals surface area contributed by atoms with Crippen LogP contribution in [0.15, 0.2) is 47.4 Å². The Kier molecular flexibility index (Phi) is 7.86. The summed E-state index contributed by atoms with van der Waals surface area (Å²) in [6.45, 7) is 8.28. The van der Waals surface area contributed by atoms with Crippen molar-refractivity contribution in [2.45, 2.75) is 51.0 Å². The van der Waals surface area contributed by atoms with Gasteiger partial charge in [0.15, 0.2) is 0 Å². The molecule has 0 bridgehead atoms. The molecule has 0 fully saturated rings. The van der Waals surface area contributed by atoms with Crippen molar-refractivity contribution in [2.75, 3.05) is 13.2 Å². The third-order valence-corrected chi connectivity index (χ3v) is 5.09. The number of primary sulfonamides is 1. The van der Waals surface area contributed by atoms with Crippen molar-refractivity contribution in [1.82, 2.24) is 5.32 Å². The third-order valence-electron chi connectivity index (χ3n) is 4.12. The van der Waals surface area contributed by atoms with E-state index < -0.39 is 21.7 Å². The zero-order valence-electron chi connectivity index (χ0n) is 17.9. The maximum atomic E-state index is 12.0. The van der Waals surface area contributed by atoms with Gasteiger partial charge >= 0.3 is 6.09 Å². The topological polar surface area (TPSA) is 108 Å². The quantitative estimate of drug-likeness (QED) is 0.611. The summed E-state index contributed by atoms with van der Waals surface area (Å²) in [6, 6.07) is 12.2. The lowest BCUT2D eigenvalue weighted by Gasteiger charge is -2.19. The Bertz CT molecular complexity index is 981. The summed E-state index contributed by atoms with van der Waals surface area (Å²) >= 11 is 0. The number of benzene rings is 2. The molecule has 2 aromatic rings. The molecule has 0 spiro atoms. The molecule has 3 N–H and O–H groups in total. The van der Waals surface area contributed by atoms with Gasteiger partial charge in [-0.2, -0.15) is 0 Å². The van der Waals surface area contributed by atoms with Crippen LogP contribution >= 0.6 is 0 Å². The van der Waals surface area contributed by atoms with Crippen LogP contribution in [0.2, 0.25) is 0 Å². The number of ether oxygens (including phenoxy) is 2. The molecule has 1 amide bonds. The van der Waals surface area contributed by atoms with E-state index in [4.69, 9.17) is 14.6 Å². The molecular weight excluding hydrogens is 404 g/mol. The minimum atomic E-state index is -3.87. The number of nitrogens with two attached hydrogens (primary N) is 1. The molecule has 0 aliphatic rings. The first-order valence-corrected chi connectivity index (χ1v) is 11.3. The lowest BCUT2D eigenvalue weighted by atomic mass is 10.0. The molecule has 2 aromatic carbocycles.